The summed E-state index contributed by atoms with van der Waals surface area (Å²) in [7, 11) is 0. The summed E-state index contributed by atoms with van der Waals surface area (Å²) >= 11 is 0. The van der Waals surface area contributed by atoms with Crippen LogP contribution in [-0.4, -0.2) is 12.1 Å². The summed E-state index contributed by atoms with van der Waals surface area (Å²) in [5.74, 6) is 0.511. The molecule has 0 aromatic heterocycles. The van der Waals surface area contributed by atoms with Gasteiger partial charge in [0.2, 0.25) is 0 Å². The Hall–Kier alpha value is -1.18. The number of carbonyl (C=O) groups is 2. The summed E-state index contributed by atoms with van der Waals surface area (Å²) < 4.78 is 0. The topological polar surface area (TPSA) is 34.1 Å². The van der Waals surface area contributed by atoms with Crippen molar-refractivity contribution in [2.45, 2.75) is 53.4 Å². The summed E-state index contributed by atoms with van der Waals surface area (Å²) in [6.07, 6.45) is 11.3. The van der Waals surface area contributed by atoms with E-state index in [0.29, 0.717) is 11.3 Å². The lowest BCUT2D eigenvalue weighted by atomic mass is 9.49. The molecular weight excluding hydrogens is 248 g/mol. The third kappa shape index (κ3) is 2.53. The normalized spacial score (nSPS) is 36.3. The van der Waals surface area contributed by atoms with Crippen molar-refractivity contribution in [3.8, 4) is 0 Å². The Morgan fingerprint density at radius 3 is 2.60 bits per heavy atom. The highest BCUT2D eigenvalue weighted by Gasteiger charge is 2.52. The van der Waals surface area contributed by atoms with Crippen LogP contribution in [0.1, 0.15) is 53.4 Å². The Labute approximate surface area is 122 Å². The van der Waals surface area contributed by atoms with E-state index in [1.54, 1.807) is 13.0 Å². The van der Waals surface area contributed by atoms with Gasteiger partial charge in [-0.15, -0.1) is 0 Å². The zero-order valence-corrected chi connectivity index (χ0v) is 13.1. The van der Waals surface area contributed by atoms with Crippen LogP contribution in [0, 0.1) is 22.7 Å². The first kappa shape index (κ1) is 15.2. The van der Waals surface area contributed by atoms with Crippen LogP contribution in [0.5, 0.6) is 0 Å². The van der Waals surface area contributed by atoms with Gasteiger partial charge in [-0.05, 0) is 54.6 Å². The van der Waals surface area contributed by atoms with Crippen LogP contribution >= 0.6 is 0 Å². The fraction of sp³-hybridized carbons (Fsp3) is 0.667. The Morgan fingerprint density at radius 1 is 1.30 bits per heavy atom. The summed E-state index contributed by atoms with van der Waals surface area (Å²) in [5, 5.41) is 0. The van der Waals surface area contributed by atoms with Crippen molar-refractivity contribution in [2.75, 3.05) is 0 Å². The zero-order valence-electron chi connectivity index (χ0n) is 13.1. The van der Waals surface area contributed by atoms with Gasteiger partial charge in [-0.3, -0.25) is 4.79 Å². The molecule has 1 unspecified atom stereocenters. The average Bonchev–Trinajstić information content (AvgIpc) is 2.34. The molecule has 0 aromatic rings. The largest absolute Gasteiger partial charge is 0.303 e. The molecule has 0 N–H and O–H groups in total. The molecule has 110 valence electrons. The third-order valence-corrected chi connectivity index (χ3v) is 5.58. The van der Waals surface area contributed by atoms with Gasteiger partial charge in [-0.2, -0.15) is 0 Å². The van der Waals surface area contributed by atoms with Crippen LogP contribution in [0.3, 0.4) is 0 Å². The molecule has 0 amide bonds. The molecule has 0 heterocycles. The Bertz CT molecular complexity index is 470. The molecule has 1 saturated carbocycles. The number of carbonyl (C=O) groups excluding carboxylic acids is 2. The maximum Gasteiger partial charge on any atom is 0.152 e. The van der Waals surface area contributed by atoms with E-state index in [1.807, 2.05) is 6.08 Å². The Balaban J connectivity index is 2.39. The molecular formula is C18H26O2. The molecule has 0 bridgehead atoms. The molecule has 3 atom stereocenters. The number of allylic oxidation sites excluding steroid dienone is 4. The predicted molar refractivity (Wildman–Crippen MR) is 81.3 cm³/mol. The van der Waals surface area contributed by atoms with Crippen molar-refractivity contribution in [1.29, 1.82) is 0 Å². The minimum atomic E-state index is -0.0728. The van der Waals surface area contributed by atoms with Gasteiger partial charge in [0.15, 0.2) is 5.78 Å². The second kappa shape index (κ2) is 5.31. The van der Waals surface area contributed by atoms with E-state index >= 15 is 0 Å². The van der Waals surface area contributed by atoms with Gasteiger partial charge >= 0.3 is 0 Å². The Kier molecular flexibility index (Phi) is 4.04. The quantitative estimate of drug-likeness (QED) is 0.573. The van der Waals surface area contributed by atoms with E-state index < -0.39 is 0 Å². The second-order valence-corrected chi connectivity index (χ2v) is 7.40. The first-order valence-corrected chi connectivity index (χ1v) is 7.65. The van der Waals surface area contributed by atoms with E-state index in [2.05, 4.69) is 26.8 Å². The van der Waals surface area contributed by atoms with Crippen LogP contribution in [0.4, 0.5) is 0 Å². The molecule has 0 spiro atoms. The highest BCUT2D eigenvalue weighted by Crippen LogP contribution is 2.59. The molecule has 2 heteroatoms. The number of hydrogen-bond acceptors (Lipinski definition) is 2. The van der Waals surface area contributed by atoms with Gasteiger partial charge in [-0.25, -0.2) is 0 Å². The van der Waals surface area contributed by atoms with Crippen molar-refractivity contribution >= 4 is 12.1 Å². The molecule has 2 aliphatic rings. The van der Waals surface area contributed by atoms with Gasteiger partial charge < -0.3 is 4.79 Å². The van der Waals surface area contributed by atoms with Crippen LogP contribution < -0.4 is 0 Å². The van der Waals surface area contributed by atoms with Crippen LogP contribution in [0.15, 0.2) is 23.8 Å². The fourth-order valence-corrected chi connectivity index (χ4v) is 4.51. The van der Waals surface area contributed by atoms with Crippen LogP contribution in [-0.2, 0) is 9.59 Å². The third-order valence-electron chi connectivity index (χ3n) is 5.58. The van der Waals surface area contributed by atoms with E-state index in [-0.39, 0.29) is 17.1 Å². The minimum Gasteiger partial charge on any atom is -0.303 e. The van der Waals surface area contributed by atoms with E-state index in [4.69, 9.17) is 0 Å². The van der Waals surface area contributed by atoms with E-state index in [0.717, 1.165) is 24.7 Å². The van der Waals surface area contributed by atoms with Crippen LogP contribution in [0.2, 0.25) is 0 Å². The SMILES string of the molecule is CC(=O)/C=C/C1=CCC2C(C)(C)CCC[C@]2(C)[C@@H]1C=O. The number of rotatable bonds is 3. The number of ketones is 1. The van der Waals surface area contributed by atoms with Crippen molar-refractivity contribution < 1.29 is 9.59 Å². The zero-order chi connectivity index (χ0) is 15.0. The molecule has 2 nitrogen and oxygen atoms in total. The average molecular weight is 274 g/mol. The summed E-state index contributed by atoms with van der Waals surface area (Å²) in [6, 6.07) is 0. The van der Waals surface area contributed by atoms with Gasteiger partial charge in [0.1, 0.15) is 6.29 Å². The molecule has 1 fully saturated rings. The van der Waals surface area contributed by atoms with Gasteiger partial charge in [0.05, 0.1) is 0 Å². The molecule has 0 radical (unpaired) electrons. The number of hydrogen-bond donors (Lipinski definition) is 0. The standard InChI is InChI=1S/C18H26O2/c1-13(20)6-7-14-8-9-16-17(2,3)10-5-11-18(16,4)15(14)12-19/h6-8,12,15-16H,5,9-11H2,1-4H3/b7-6+/t15-,16?,18-/m1/s1. The molecule has 0 aromatic carbocycles. The van der Waals surface area contributed by atoms with E-state index in [9.17, 15) is 9.59 Å². The lowest BCUT2D eigenvalue weighted by Crippen LogP contribution is -2.49. The number of aldehydes is 1. The first-order chi connectivity index (χ1) is 9.31. The lowest BCUT2D eigenvalue weighted by Gasteiger charge is -2.55. The predicted octanol–water partition coefficient (Wildman–Crippen LogP) is 4.11. The first-order valence-electron chi connectivity index (χ1n) is 7.65. The minimum absolute atomic E-state index is 0.0341. The molecule has 2 rings (SSSR count). The number of fused-ring (bicyclic) bond motifs is 1. The summed E-state index contributed by atoms with van der Waals surface area (Å²) in [5.41, 5.74) is 1.36. The second-order valence-electron chi connectivity index (χ2n) is 7.40. The monoisotopic (exact) mass is 274 g/mol. The summed E-state index contributed by atoms with van der Waals surface area (Å²) in [6.45, 7) is 8.48. The highest BCUT2D eigenvalue weighted by molar-refractivity contribution is 5.88. The fourth-order valence-electron chi connectivity index (χ4n) is 4.51. The van der Waals surface area contributed by atoms with Crippen molar-refractivity contribution in [3.63, 3.8) is 0 Å². The summed E-state index contributed by atoms with van der Waals surface area (Å²) in [4.78, 5) is 22.9. The van der Waals surface area contributed by atoms with Gasteiger partial charge in [-0.1, -0.05) is 39.3 Å². The molecule has 0 aliphatic heterocycles. The maximum absolute atomic E-state index is 11.7. The van der Waals surface area contributed by atoms with Gasteiger partial charge in [0.25, 0.3) is 0 Å². The molecule has 0 saturated heterocycles. The Morgan fingerprint density at radius 2 is 2.00 bits per heavy atom. The van der Waals surface area contributed by atoms with E-state index in [1.165, 1.54) is 12.8 Å². The van der Waals surface area contributed by atoms with Crippen molar-refractivity contribution in [3.05, 3.63) is 23.8 Å². The van der Waals surface area contributed by atoms with Crippen LogP contribution in [0.25, 0.3) is 0 Å². The maximum atomic E-state index is 11.7. The van der Waals surface area contributed by atoms with Gasteiger partial charge in [0, 0.05) is 5.92 Å². The van der Waals surface area contributed by atoms with Crippen molar-refractivity contribution in [2.24, 2.45) is 22.7 Å². The van der Waals surface area contributed by atoms with Crippen molar-refractivity contribution in [1.82, 2.24) is 0 Å². The smallest absolute Gasteiger partial charge is 0.152 e. The highest BCUT2D eigenvalue weighted by atomic mass is 16.1. The lowest BCUT2D eigenvalue weighted by molar-refractivity contribution is -0.119. The molecule has 2 aliphatic carbocycles. The molecule has 20 heavy (non-hydrogen) atoms.